The third-order valence-corrected chi connectivity index (χ3v) is 4.91. The number of carbonyl (C=O) groups is 4. The summed E-state index contributed by atoms with van der Waals surface area (Å²) in [6.45, 7) is 3.84. The van der Waals surface area contributed by atoms with Gasteiger partial charge in [0.2, 0.25) is 0 Å². The van der Waals surface area contributed by atoms with Crippen LogP contribution in [0.4, 0.5) is 9.59 Å². The highest BCUT2D eigenvalue weighted by Gasteiger charge is 2.13. The lowest BCUT2D eigenvalue weighted by Gasteiger charge is -2.05. The molecule has 0 atom stereocenters. The number of hydrogen-bond donors (Lipinski definition) is 0. The molecule has 0 spiro atoms. The number of aryl methyl sites for hydroxylation is 2. The van der Waals surface area contributed by atoms with E-state index in [0.29, 0.717) is 12.8 Å². The van der Waals surface area contributed by atoms with E-state index in [1.807, 2.05) is 26.0 Å². The van der Waals surface area contributed by atoms with E-state index in [1.54, 1.807) is 24.3 Å². The summed E-state index contributed by atoms with van der Waals surface area (Å²) in [5.41, 5.74) is 2.22. The highest BCUT2D eigenvalue weighted by Crippen LogP contribution is 2.09. The maximum atomic E-state index is 11.7. The Labute approximate surface area is 219 Å². The summed E-state index contributed by atoms with van der Waals surface area (Å²) in [5, 5.41) is 8.31. The molecule has 2 aromatic rings. The monoisotopic (exact) mass is 534 g/mol. The SMILES string of the molecule is Cc1cccc(C(=O)OOOC(=O)OCCCCCCCCOC(=O)OOOC(=O)c2cccc(C)c2)c1. The van der Waals surface area contributed by atoms with Gasteiger partial charge in [-0.15, -0.1) is 0 Å². The molecule has 0 heterocycles. The van der Waals surface area contributed by atoms with Gasteiger partial charge in [-0.25, -0.2) is 29.0 Å². The molecule has 0 N–H and O–H groups in total. The molecule has 0 radical (unpaired) electrons. The van der Waals surface area contributed by atoms with E-state index in [4.69, 9.17) is 9.47 Å². The zero-order valence-electron chi connectivity index (χ0n) is 21.2. The van der Waals surface area contributed by atoms with Crippen molar-refractivity contribution in [1.82, 2.24) is 0 Å². The highest BCUT2D eigenvalue weighted by molar-refractivity contribution is 5.89. The van der Waals surface area contributed by atoms with E-state index in [2.05, 4.69) is 29.6 Å². The Kier molecular flexibility index (Phi) is 13.7. The van der Waals surface area contributed by atoms with Gasteiger partial charge in [0.1, 0.15) is 0 Å². The van der Waals surface area contributed by atoms with Gasteiger partial charge in [-0.2, -0.15) is 0 Å². The van der Waals surface area contributed by atoms with Crippen LogP contribution in [0.3, 0.4) is 0 Å². The van der Waals surface area contributed by atoms with E-state index in [1.165, 1.54) is 12.1 Å². The third-order valence-electron chi connectivity index (χ3n) is 4.91. The van der Waals surface area contributed by atoms with Crippen LogP contribution in [0, 0.1) is 13.8 Å². The average molecular weight is 535 g/mol. The van der Waals surface area contributed by atoms with Crippen LogP contribution in [0.1, 0.15) is 70.4 Å². The molecule has 0 aliphatic carbocycles. The fraction of sp³-hybridized carbons (Fsp3) is 0.385. The summed E-state index contributed by atoms with van der Waals surface area (Å²) in [4.78, 5) is 63.5. The minimum absolute atomic E-state index is 0.109. The molecular weight excluding hydrogens is 504 g/mol. The number of hydrogen-bond acceptors (Lipinski definition) is 12. The van der Waals surface area contributed by atoms with Crippen LogP contribution in [0.5, 0.6) is 0 Å². The normalized spacial score (nSPS) is 10.3. The second-order valence-electron chi connectivity index (χ2n) is 8.10. The van der Waals surface area contributed by atoms with Crippen LogP contribution in [0.25, 0.3) is 0 Å². The molecule has 0 aliphatic heterocycles. The minimum atomic E-state index is -1.13. The maximum absolute atomic E-state index is 11.7. The molecule has 38 heavy (non-hydrogen) atoms. The van der Waals surface area contributed by atoms with Crippen LogP contribution in [-0.2, 0) is 39.1 Å². The fourth-order valence-corrected chi connectivity index (χ4v) is 3.06. The molecule has 0 aromatic heterocycles. The molecule has 0 fully saturated rings. The smallest absolute Gasteiger partial charge is 0.432 e. The minimum Gasteiger partial charge on any atom is -0.432 e. The average Bonchev–Trinajstić information content (AvgIpc) is 2.89. The quantitative estimate of drug-likeness (QED) is 0.120. The molecule has 0 aliphatic rings. The van der Waals surface area contributed by atoms with E-state index < -0.39 is 24.2 Å². The summed E-state index contributed by atoms with van der Waals surface area (Å²) in [5.74, 6) is -1.62. The molecule has 2 aromatic carbocycles. The Morgan fingerprint density at radius 1 is 0.553 bits per heavy atom. The molecular formula is C26H30O12. The van der Waals surface area contributed by atoms with Crippen LogP contribution in [-0.4, -0.2) is 37.5 Å². The van der Waals surface area contributed by atoms with Crippen molar-refractivity contribution >= 4 is 24.2 Å². The number of carbonyl (C=O) groups excluding carboxylic acids is 4. The molecule has 0 bridgehead atoms. The zero-order chi connectivity index (χ0) is 27.6. The summed E-state index contributed by atoms with van der Waals surface area (Å²) in [6, 6.07) is 13.2. The van der Waals surface area contributed by atoms with Gasteiger partial charge < -0.3 is 9.47 Å². The predicted molar refractivity (Wildman–Crippen MR) is 128 cm³/mol. The van der Waals surface area contributed by atoms with Gasteiger partial charge in [0.25, 0.3) is 0 Å². The summed E-state index contributed by atoms with van der Waals surface area (Å²) in [6.07, 6.45) is 2.26. The van der Waals surface area contributed by atoms with Crippen molar-refractivity contribution in [3.05, 3.63) is 70.8 Å². The van der Waals surface area contributed by atoms with Crippen molar-refractivity contribution in [2.45, 2.75) is 52.4 Å². The summed E-state index contributed by atoms with van der Waals surface area (Å²) in [7, 11) is 0. The van der Waals surface area contributed by atoms with Gasteiger partial charge in [0.05, 0.1) is 34.4 Å². The zero-order valence-corrected chi connectivity index (χ0v) is 21.2. The molecule has 12 nitrogen and oxygen atoms in total. The largest absolute Gasteiger partial charge is 0.543 e. The number of unbranched alkanes of at least 4 members (excludes halogenated alkanes) is 5. The van der Waals surface area contributed by atoms with Gasteiger partial charge >= 0.3 is 24.2 Å². The molecule has 0 unspecified atom stereocenters. The van der Waals surface area contributed by atoms with Crippen molar-refractivity contribution < 1.29 is 58.3 Å². The second-order valence-corrected chi connectivity index (χ2v) is 8.10. The number of ether oxygens (including phenoxy) is 2. The predicted octanol–water partition coefficient (Wildman–Crippen LogP) is 5.66. The summed E-state index contributed by atoms with van der Waals surface area (Å²) < 4.78 is 9.61. The Bertz CT molecular complexity index is 969. The van der Waals surface area contributed by atoms with Crippen LogP contribution in [0.15, 0.2) is 48.5 Å². The van der Waals surface area contributed by atoms with Crippen LogP contribution >= 0.6 is 0 Å². The van der Waals surface area contributed by atoms with E-state index in [9.17, 15) is 19.2 Å². The maximum Gasteiger partial charge on any atom is 0.543 e. The number of rotatable bonds is 15. The van der Waals surface area contributed by atoms with Crippen LogP contribution < -0.4 is 0 Å². The molecule has 12 heteroatoms. The van der Waals surface area contributed by atoms with Gasteiger partial charge in [0.15, 0.2) is 0 Å². The van der Waals surface area contributed by atoms with Gasteiger partial charge in [0, 0.05) is 0 Å². The first-order valence-corrected chi connectivity index (χ1v) is 11.9. The first-order chi connectivity index (χ1) is 18.3. The second kappa shape index (κ2) is 17.3. The molecule has 0 saturated heterocycles. The van der Waals surface area contributed by atoms with Crippen molar-refractivity contribution in [1.29, 1.82) is 0 Å². The molecule has 0 saturated carbocycles. The van der Waals surface area contributed by atoms with Gasteiger partial charge in [-0.1, -0.05) is 61.1 Å². The van der Waals surface area contributed by atoms with Crippen molar-refractivity contribution in [3.8, 4) is 0 Å². The van der Waals surface area contributed by atoms with Crippen LogP contribution in [0.2, 0.25) is 0 Å². The first-order valence-electron chi connectivity index (χ1n) is 11.9. The lowest BCUT2D eigenvalue weighted by atomic mass is 10.1. The Balaban J connectivity index is 1.37. The van der Waals surface area contributed by atoms with Crippen molar-refractivity contribution in [2.75, 3.05) is 13.2 Å². The van der Waals surface area contributed by atoms with Gasteiger partial charge in [-0.05, 0) is 51.0 Å². The fourth-order valence-electron chi connectivity index (χ4n) is 3.06. The lowest BCUT2D eigenvalue weighted by molar-refractivity contribution is -0.452. The Morgan fingerprint density at radius 3 is 1.34 bits per heavy atom. The topological polar surface area (TPSA) is 142 Å². The Morgan fingerprint density at radius 2 is 0.947 bits per heavy atom. The molecule has 0 amide bonds. The van der Waals surface area contributed by atoms with E-state index in [0.717, 1.165) is 36.8 Å². The third kappa shape index (κ3) is 12.7. The van der Waals surface area contributed by atoms with Crippen molar-refractivity contribution in [2.24, 2.45) is 0 Å². The molecule has 2 rings (SSSR count). The van der Waals surface area contributed by atoms with E-state index in [-0.39, 0.29) is 24.3 Å². The Hall–Kier alpha value is -4.16. The highest BCUT2D eigenvalue weighted by atomic mass is 17.5. The lowest BCUT2D eigenvalue weighted by Crippen LogP contribution is -2.13. The standard InChI is InChI=1S/C26H30O12/c1-19-11-9-13-21(17-19)23(27)33-37-35-25(29)31-15-7-5-3-4-6-8-16-32-26(30)36-38-34-24(28)22-14-10-12-20(2)18-22/h9-14,17-18H,3-8,15-16H2,1-2H3. The molecule has 206 valence electrons. The summed E-state index contributed by atoms with van der Waals surface area (Å²) >= 11 is 0. The van der Waals surface area contributed by atoms with Crippen molar-refractivity contribution in [3.63, 3.8) is 0 Å². The first kappa shape index (κ1) is 30.1. The van der Waals surface area contributed by atoms with E-state index >= 15 is 0 Å². The number of benzene rings is 2. The van der Waals surface area contributed by atoms with Gasteiger partial charge in [-0.3, -0.25) is 9.78 Å².